The molecule has 2 aromatic rings. The molecule has 0 saturated carbocycles. The number of carbonyl (C=O) groups excluding carboxylic acids is 1. The molecule has 1 N–H and O–H groups in total. The van der Waals surface area contributed by atoms with E-state index in [1.165, 1.54) is 11.3 Å². The number of carbonyl (C=O) groups is 1. The fraction of sp³-hybridized carbons (Fsp3) is 0.350. The Morgan fingerprint density at radius 3 is 2.13 bits per heavy atom. The first-order valence-corrected chi connectivity index (χ1v) is 8.09. The van der Waals surface area contributed by atoms with Crippen LogP contribution in [0.15, 0.2) is 54.6 Å². The van der Waals surface area contributed by atoms with E-state index in [0.717, 1.165) is 16.5 Å². The molecule has 0 unspecified atom stereocenters. The third kappa shape index (κ3) is 5.53. The quantitative estimate of drug-likeness (QED) is 0.816. The van der Waals surface area contributed by atoms with E-state index in [2.05, 4.69) is 50.7 Å². The van der Waals surface area contributed by atoms with Crippen molar-refractivity contribution < 1.29 is 4.79 Å². The summed E-state index contributed by atoms with van der Waals surface area (Å²) in [5.41, 5.74) is 3.52. The lowest BCUT2D eigenvalue weighted by Crippen LogP contribution is -2.35. The van der Waals surface area contributed by atoms with Crippen LogP contribution in [0.25, 0.3) is 0 Å². The van der Waals surface area contributed by atoms with Gasteiger partial charge in [0.05, 0.1) is 27.6 Å². The second kappa shape index (κ2) is 7.42. The summed E-state index contributed by atoms with van der Waals surface area (Å²) in [5.74, 6) is 0.0754. The monoisotopic (exact) mass is 311 g/mol. The Bertz CT molecular complexity index is 627. The van der Waals surface area contributed by atoms with Gasteiger partial charge in [0.2, 0.25) is 5.91 Å². The molecule has 0 aliphatic rings. The van der Waals surface area contributed by atoms with Crippen molar-refractivity contribution in [3.8, 4) is 0 Å². The van der Waals surface area contributed by atoms with E-state index in [4.69, 9.17) is 0 Å². The smallest absolute Gasteiger partial charge is 0.224 e. The zero-order valence-electron chi connectivity index (χ0n) is 14.5. The standard InChI is InChI=1S/C20H26N2O/c1-16(14-17-8-6-5-7-9-17)21-20(23)15-18-10-12-19(13-11-18)22(2,3)4/h5-13,16H,14-15H2,1-4H3/p+1/t16-/m1/s1. The highest BCUT2D eigenvalue weighted by Crippen LogP contribution is 2.17. The first-order valence-electron chi connectivity index (χ1n) is 8.09. The normalized spacial score (nSPS) is 12.7. The molecule has 3 heteroatoms. The van der Waals surface area contributed by atoms with Crippen LogP contribution in [0, 0.1) is 0 Å². The van der Waals surface area contributed by atoms with Crippen LogP contribution in [0.3, 0.4) is 0 Å². The Morgan fingerprint density at radius 2 is 1.57 bits per heavy atom. The number of amides is 1. The Hall–Kier alpha value is -2.13. The van der Waals surface area contributed by atoms with Crippen molar-refractivity contribution in [2.75, 3.05) is 21.1 Å². The van der Waals surface area contributed by atoms with Crippen molar-refractivity contribution in [2.24, 2.45) is 0 Å². The predicted molar refractivity (Wildman–Crippen MR) is 97.5 cm³/mol. The lowest BCUT2D eigenvalue weighted by molar-refractivity contribution is -0.121. The minimum Gasteiger partial charge on any atom is -0.353 e. The van der Waals surface area contributed by atoms with E-state index in [1.54, 1.807) is 0 Å². The third-order valence-corrected chi connectivity index (χ3v) is 3.87. The first kappa shape index (κ1) is 17.2. The average molecular weight is 311 g/mol. The van der Waals surface area contributed by atoms with Gasteiger partial charge in [0.25, 0.3) is 0 Å². The van der Waals surface area contributed by atoms with Crippen molar-refractivity contribution in [1.82, 2.24) is 9.80 Å². The van der Waals surface area contributed by atoms with Crippen molar-refractivity contribution in [1.29, 1.82) is 0 Å². The Balaban J connectivity index is 1.87. The molecule has 0 aliphatic carbocycles. The molecule has 0 bridgehead atoms. The molecule has 0 aromatic heterocycles. The molecule has 0 radical (unpaired) electrons. The molecule has 0 fully saturated rings. The van der Waals surface area contributed by atoms with Crippen LogP contribution in [0.4, 0.5) is 5.69 Å². The maximum absolute atomic E-state index is 12.2. The molecule has 1 amide bonds. The van der Waals surface area contributed by atoms with Gasteiger partial charge in [0.1, 0.15) is 5.69 Å². The number of nitrogens with one attached hydrogen (secondary N) is 1. The summed E-state index contributed by atoms with van der Waals surface area (Å²) in [6.07, 6.45) is 1.28. The average Bonchev–Trinajstić information content (AvgIpc) is 2.47. The minimum atomic E-state index is 0.0754. The van der Waals surface area contributed by atoms with Crippen LogP contribution < -0.4 is 9.80 Å². The van der Waals surface area contributed by atoms with Gasteiger partial charge >= 0.3 is 0 Å². The molecule has 0 spiro atoms. The zero-order valence-corrected chi connectivity index (χ0v) is 14.5. The number of hydrogen-bond donors (Lipinski definition) is 1. The van der Waals surface area contributed by atoms with E-state index >= 15 is 0 Å². The summed E-state index contributed by atoms with van der Waals surface area (Å²) in [6.45, 7) is 2.05. The van der Waals surface area contributed by atoms with Gasteiger partial charge in [-0.25, -0.2) is 0 Å². The summed E-state index contributed by atoms with van der Waals surface area (Å²) in [6, 6.07) is 18.6. The Labute approximate surface area is 139 Å². The van der Waals surface area contributed by atoms with Gasteiger partial charge in [-0.05, 0) is 36.6 Å². The van der Waals surface area contributed by atoms with Gasteiger partial charge < -0.3 is 5.32 Å². The number of benzene rings is 2. The molecule has 0 aliphatic heterocycles. The fourth-order valence-electron chi connectivity index (χ4n) is 2.59. The molecular weight excluding hydrogens is 284 g/mol. The summed E-state index contributed by atoms with van der Waals surface area (Å²) in [5, 5.41) is 3.08. The number of rotatable bonds is 6. The fourth-order valence-corrected chi connectivity index (χ4v) is 2.59. The van der Waals surface area contributed by atoms with Gasteiger partial charge in [0.15, 0.2) is 0 Å². The van der Waals surface area contributed by atoms with Crippen molar-refractivity contribution in [2.45, 2.75) is 25.8 Å². The highest BCUT2D eigenvalue weighted by atomic mass is 16.1. The van der Waals surface area contributed by atoms with E-state index in [9.17, 15) is 4.79 Å². The molecule has 2 rings (SSSR count). The lowest BCUT2D eigenvalue weighted by Gasteiger charge is -2.23. The second-order valence-electron chi connectivity index (χ2n) is 7.01. The summed E-state index contributed by atoms with van der Waals surface area (Å²) < 4.78 is 0.778. The van der Waals surface area contributed by atoms with Gasteiger partial charge in [-0.15, -0.1) is 0 Å². The van der Waals surface area contributed by atoms with Crippen LogP contribution in [0.1, 0.15) is 18.1 Å². The van der Waals surface area contributed by atoms with E-state index in [1.807, 2.05) is 37.3 Å². The van der Waals surface area contributed by atoms with Crippen molar-refractivity contribution in [3.05, 3.63) is 65.7 Å². The molecule has 0 saturated heterocycles. The summed E-state index contributed by atoms with van der Waals surface area (Å²) >= 11 is 0. The molecule has 23 heavy (non-hydrogen) atoms. The molecule has 0 heterocycles. The molecule has 122 valence electrons. The van der Waals surface area contributed by atoms with Gasteiger partial charge in [-0.3, -0.25) is 9.28 Å². The topological polar surface area (TPSA) is 29.1 Å². The third-order valence-electron chi connectivity index (χ3n) is 3.87. The largest absolute Gasteiger partial charge is 0.353 e. The van der Waals surface area contributed by atoms with Crippen LogP contribution in [0.2, 0.25) is 0 Å². The second-order valence-corrected chi connectivity index (χ2v) is 7.01. The summed E-state index contributed by atoms with van der Waals surface area (Å²) in [4.78, 5) is 12.2. The Kier molecular flexibility index (Phi) is 5.56. The van der Waals surface area contributed by atoms with Crippen LogP contribution >= 0.6 is 0 Å². The highest BCUT2D eigenvalue weighted by Gasteiger charge is 2.13. The maximum atomic E-state index is 12.2. The number of nitrogens with zero attached hydrogens (tertiary/aromatic N) is 1. The number of quaternary nitrogens is 1. The summed E-state index contributed by atoms with van der Waals surface area (Å²) in [7, 11) is 6.40. The van der Waals surface area contributed by atoms with Gasteiger partial charge in [0, 0.05) is 6.04 Å². The molecule has 3 nitrogen and oxygen atoms in total. The molecule has 2 aromatic carbocycles. The highest BCUT2D eigenvalue weighted by molar-refractivity contribution is 5.79. The minimum absolute atomic E-state index is 0.0754. The van der Waals surface area contributed by atoms with Crippen LogP contribution in [-0.2, 0) is 17.6 Å². The predicted octanol–water partition coefficient (Wildman–Crippen LogP) is 3.17. The first-order chi connectivity index (χ1) is 10.8. The van der Waals surface area contributed by atoms with E-state index in [-0.39, 0.29) is 11.9 Å². The van der Waals surface area contributed by atoms with Gasteiger partial charge in [-0.1, -0.05) is 42.5 Å². The van der Waals surface area contributed by atoms with Crippen LogP contribution in [-0.4, -0.2) is 33.1 Å². The van der Waals surface area contributed by atoms with E-state index < -0.39 is 0 Å². The van der Waals surface area contributed by atoms with Crippen LogP contribution in [0.5, 0.6) is 0 Å². The van der Waals surface area contributed by atoms with E-state index in [0.29, 0.717) is 6.42 Å². The van der Waals surface area contributed by atoms with Crippen molar-refractivity contribution in [3.63, 3.8) is 0 Å². The zero-order chi connectivity index (χ0) is 16.9. The maximum Gasteiger partial charge on any atom is 0.224 e. The lowest BCUT2D eigenvalue weighted by atomic mass is 10.1. The number of hydrogen-bond acceptors (Lipinski definition) is 1. The van der Waals surface area contributed by atoms with Crippen molar-refractivity contribution >= 4 is 11.6 Å². The SMILES string of the molecule is C[C@H](Cc1ccccc1)NC(=O)Cc1ccc([N+](C)(C)C)cc1. The molecule has 1 atom stereocenters. The molecular formula is C20H27N2O+. The Morgan fingerprint density at radius 1 is 0.957 bits per heavy atom. The van der Waals surface area contributed by atoms with Gasteiger partial charge in [-0.2, -0.15) is 0 Å².